The Bertz CT molecular complexity index is 1170. The molecule has 0 atom stereocenters. The van der Waals surface area contributed by atoms with Crippen LogP contribution in [0.25, 0.3) is 11.0 Å². The summed E-state index contributed by atoms with van der Waals surface area (Å²) in [6.07, 6.45) is 1.48. The molecule has 4 rings (SSSR count). The zero-order valence-electron chi connectivity index (χ0n) is 15.8. The van der Waals surface area contributed by atoms with E-state index < -0.39 is 5.97 Å². The second-order valence-corrected chi connectivity index (χ2v) is 7.30. The number of carbonyl (C=O) groups excluding carboxylic acids is 1. The maximum atomic E-state index is 12.9. The van der Waals surface area contributed by atoms with Crippen LogP contribution in [0, 0.1) is 12.7 Å². The third-order valence-electron chi connectivity index (χ3n) is 4.23. The standard InChI is InChI=1S/C20H17FN4O3S/c1-12-17-7-13(8-22-19(17)25(2)24-12)20(26)28-9-15-11-29-18(23-15)10-27-16-5-3-14(21)4-6-16/h3-8,11H,9-10H2,1-2H3. The zero-order valence-corrected chi connectivity index (χ0v) is 16.6. The molecular weight excluding hydrogens is 395 g/mol. The van der Waals surface area contributed by atoms with Crippen molar-refractivity contribution in [2.75, 3.05) is 0 Å². The summed E-state index contributed by atoms with van der Waals surface area (Å²) in [4.78, 5) is 21.0. The molecule has 4 aromatic rings. The summed E-state index contributed by atoms with van der Waals surface area (Å²) < 4.78 is 25.5. The second kappa shape index (κ2) is 7.96. The Kier molecular flexibility index (Phi) is 5.22. The van der Waals surface area contributed by atoms with Crippen LogP contribution in [0.2, 0.25) is 0 Å². The Labute approximate surface area is 169 Å². The van der Waals surface area contributed by atoms with Crippen molar-refractivity contribution in [1.82, 2.24) is 19.7 Å². The molecule has 0 N–H and O–H groups in total. The first-order chi connectivity index (χ1) is 14.0. The molecule has 0 unspecified atom stereocenters. The lowest BCUT2D eigenvalue weighted by Gasteiger charge is -2.04. The van der Waals surface area contributed by atoms with Crippen LogP contribution in [0.15, 0.2) is 41.9 Å². The smallest absolute Gasteiger partial charge is 0.340 e. The molecule has 0 aliphatic rings. The van der Waals surface area contributed by atoms with E-state index in [4.69, 9.17) is 9.47 Å². The molecule has 0 saturated heterocycles. The molecule has 9 heteroatoms. The third kappa shape index (κ3) is 4.24. The number of benzene rings is 1. The lowest BCUT2D eigenvalue weighted by Crippen LogP contribution is -2.06. The molecule has 0 spiro atoms. The third-order valence-corrected chi connectivity index (χ3v) is 5.10. The Hall–Kier alpha value is -3.33. The Balaban J connectivity index is 1.35. The number of nitrogens with zero attached hydrogens (tertiary/aromatic N) is 4. The quantitative estimate of drug-likeness (QED) is 0.448. The van der Waals surface area contributed by atoms with Gasteiger partial charge in [-0.2, -0.15) is 5.10 Å². The maximum absolute atomic E-state index is 12.9. The lowest BCUT2D eigenvalue weighted by molar-refractivity contribution is 0.0468. The highest BCUT2D eigenvalue weighted by Gasteiger charge is 2.14. The molecular formula is C20H17FN4O3S. The molecule has 0 radical (unpaired) electrons. The predicted octanol–water partition coefficient (Wildman–Crippen LogP) is 3.81. The first-order valence-corrected chi connectivity index (χ1v) is 9.65. The van der Waals surface area contributed by atoms with E-state index in [1.165, 1.54) is 29.7 Å². The fourth-order valence-electron chi connectivity index (χ4n) is 2.80. The normalized spacial score (nSPS) is 11.0. The fourth-order valence-corrected chi connectivity index (χ4v) is 3.49. The average Bonchev–Trinajstić information content (AvgIpc) is 3.29. The van der Waals surface area contributed by atoms with Gasteiger partial charge < -0.3 is 9.47 Å². The summed E-state index contributed by atoms with van der Waals surface area (Å²) in [6, 6.07) is 7.51. The fraction of sp³-hybridized carbons (Fsp3) is 0.200. The second-order valence-electron chi connectivity index (χ2n) is 6.36. The Morgan fingerprint density at radius 3 is 2.83 bits per heavy atom. The largest absolute Gasteiger partial charge is 0.486 e. The molecule has 0 saturated carbocycles. The monoisotopic (exact) mass is 412 g/mol. The maximum Gasteiger partial charge on any atom is 0.340 e. The number of fused-ring (bicyclic) bond motifs is 1. The summed E-state index contributed by atoms with van der Waals surface area (Å²) in [5.74, 6) is -0.230. The van der Waals surface area contributed by atoms with E-state index in [0.717, 1.165) is 16.1 Å². The summed E-state index contributed by atoms with van der Waals surface area (Å²) in [7, 11) is 1.81. The number of hydrogen-bond donors (Lipinski definition) is 0. The molecule has 3 heterocycles. The molecule has 1 aromatic carbocycles. The molecule has 148 valence electrons. The Morgan fingerprint density at radius 2 is 2.03 bits per heavy atom. The van der Waals surface area contributed by atoms with E-state index >= 15 is 0 Å². The number of thiazole rings is 1. The van der Waals surface area contributed by atoms with Gasteiger partial charge in [0.2, 0.25) is 0 Å². The lowest BCUT2D eigenvalue weighted by atomic mass is 10.2. The van der Waals surface area contributed by atoms with Crippen LogP contribution >= 0.6 is 11.3 Å². The van der Waals surface area contributed by atoms with Crippen LogP contribution < -0.4 is 4.74 Å². The van der Waals surface area contributed by atoms with E-state index in [9.17, 15) is 9.18 Å². The van der Waals surface area contributed by atoms with Gasteiger partial charge >= 0.3 is 5.97 Å². The van der Waals surface area contributed by atoms with Gasteiger partial charge in [0.15, 0.2) is 5.65 Å². The molecule has 0 amide bonds. The summed E-state index contributed by atoms with van der Waals surface area (Å²) in [5, 5.41) is 7.65. The number of ether oxygens (including phenoxy) is 2. The molecule has 0 aliphatic heterocycles. The summed E-state index contributed by atoms with van der Waals surface area (Å²) >= 11 is 1.40. The highest BCUT2D eigenvalue weighted by Crippen LogP contribution is 2.19. The van der Waals surface area contributed by atoms with E-state index in [1.807, 2.05) is 12.3 Å². The predicted molar refractivity (Wildman–Crippen MR) is 105 cm³/mol. The highest BCUT2D eigenvalue weighted by molar-refractivity contribution is 7.09. The first kappa shape index (κ1) is 19.0. The van der Waals surface area contributed by atoms with Crippen molar-refractivity contribution in [3.05, 3.63) is 69.7 Å². The van der Waals surface area contributed by atoms with Crippen LogP contribution in [0.5, 0.6) is 5.75 Å². The van der Waals surface area contributed by atoms with Crippen molar-refractivity contribution in [3.8, 4) is 5.75 Å². The van der Waals surface area contributed by atoms with E-state index in [0.29, 0.717) is 22.7 Å². The molecule has 0 bridgehead atoms. The first-order valence-electron chi connectivity index (χ1n) is 8.78. The molecule has 7 nitrogen and oxygen atoms in total. The van der Waals surface area contributed by atoms with Gasteiger partial charge in [-0.05, 0) is 37.3 Å². The number of carbonyl (C=O) groups is 1. The van der Waals surface area contributed by atoms with Crippen molar-refractivity contribution >= 4 is 28.3 Å². The van der Waals surface area contributed by atoms with Gasteiger partial charge in [0.25, 0.3) is 0 Å². The topological polar surface area (TPSA) is 79.1 Å². The number of pyridine rings is 1. The minimum absolute atomic E-state index is 0.0515. The van der Waals surface area contributed by atoms with Gasteiger partial charge in [-0.25, -0.2) is 19.2 Å². The van der Waals surface area contributed by atoms with Gasteiger partial charge in [-0.3, -0.25) is 4.68 Å². The van der Waals surface area contributed by atoms with E-state index in [-0.39, 0.29) is 19.0 Å². The number of aryl methyl sites for hydroxylation is 2. The van der Waals surface area contributed by atoms with Gasteiger partial charge in [-0.1, -0.05) is 0 Å². The van der Waals surface area contributed by atoms with Crippen molar-refractivity contribution < 1.29 is 18.7 Å². The van der Waals surface area contributed by atoms with Gasteiger partial charge in [0, 0.05) is 24.0 Å². The van der Waals surface area contributed by atoms with Crippen LogP contribution in [-0.2, 0) is 25.0 Å². The summed E-state index contributed by atoms with van der Waals surface area (Å²) in [6.45, 7) is 2.17. The zero-order chi connectivity index (χ0) is 20.4. The molecule has 0 fully saturated rings. The van der Waals surface area contributed by atoms with Gasteiger partial charge in [0.05, 0.1) is 17.0 Å². The highest BCUT2D eigenvalue weighted by atomic mass is 32.1. The van der Waals surface area contributed by atoms with Crippen LogP contribution in [0.4, 0.5) is 4.39 Å². The van der Waals surface area contributed by atoms with Crippen LogP contribution in [-0.4, -0.2) is 25.7 Å². The van der Waals surface area contributed by atoms with E-state index in [1.54, 1.807) is 29.9 Å². The van der Waals surface area contributed by atoms with Crippen LogP contribution in [0.3, 0.4) is 0 Å². The number of rotatable bonds is 6. The SMILES string of the molecule is Cc1nn(C)c2ncc(C(=O)OCc3csc(COc4ccc(F)cc4)n3)cc12. The van der Waals surface area contributed by atoms with Gasteiger partial charge in [-0.15, -0.1) is 11.3 Å². The number of aromatic nitrogens is 4. The average molecular weight is 412 g/mol. The van der Waals surface area contributed by atoms with Crippen molar-refractivity contribution in [1.29, 1.82) is 0 Å². The Morgan fingerprint density at radius 1 is 1.24 bits per heavy atom. The van der Waals surface area contributed by atoms with Gasteiger partial charge in [0.1, 0.15) is 29.8 Å². The van der Waals surface area contributed by atoms with Crippen LogP contribution in [0.1, 0.15) is 26.8 Å². The minimum atomic E-state index is -0.472. The number of esters is 1. The molecule has 3 aromatic heterocycles. The van der Waals surface area contributed by atoms with Crippen molar-refractivity contribution in [2.45, 2.75) is 20.1 Å². The minimum Gasteiger partial charge on any atom is -0.486 e. The number of hydrogen-bond acceptors (Lipinski definition) is 7. The summed E-state index contributed by atoms with van der Waals surface area (Å²) in [5.41, 5.74) is 2.51. The van der Waals surface area contributed by atoms with E-state index in [2.05, 4.69) is 15.1 Å². The number of halogens is 1. The molecule has 0 aliphatic carbocycles. The van der Waals surface area contributed by atoms with Crippen molar-refractivity contribution in [2.24, 2.45) is 7.05 Å². The molecule has 29 heavy (non-hydrogen) atoms. The van der Waals surface area contributed by atoms with Crippen molar-refractivity contribution in [3.63, 3.8) is 0 Å².